The Labute approximate surface area is 78.1 Å². The minimum absolute atomic E-state index is 0.100. The van der Waals surface area contributed by atoms with Crippen LogP contribution in [0.15, 0.2) is 5.16 Å². The fourth-order valence-corrected chi connectivity index (χ4v) is 1.36. The summed E-state index contributed by atoms with van der Waals surface area (Å²) in [5.74, 6) is 0.398. The molecule has 0 spiro atoms. The highest BCUT2D eigenvalue weighted by atomic mass is 16.5. The van der Waals surface area contributed by atoms with E-state index in [1.165, 1.54) is 0 Å². The average molecular weight is 187 g/mol. The number of ether oxygens (including phenoxy) is 1. The van der Waals surface area contributed by atoms with Crippen molar-refractivity contribution in [1.29, 1.82) is 0 Å². The van der Waals surface area contributed by atoms with Crippen LogP contribution in [0.4, 0.5) is 0 Å². The minimum Gasteiger partial charge on any atom is -0.409 e. The summed E-state index contributed by atoms with van der Waals surface area (Å²) in [6.45, 7) is 6.21. The Morgan fingerprint density at radius 1 is 1.62 bits per heavy atom. The molecule has 1 aliphatic rings. The maximum absolute atomic E-state index is 8.45. The van der Waals surface area contributed by atoms with Crippen molar-refractivity contribution < 1.29 is 9.94 Å². The van der Waals surface area contributed by atoms with E-state index in [1.54, 1.807) is 0 Å². The quantitative estimate of drug-likeness (QED) is 0.275. The number of nitrogens with two attached hydrogens (primary N) is 1. The van der Waals surface area contributed by atoms with Crippen molar-refractivity contribution in [2.24, 2.45) is 16.8 Å². The van der Waals surface area contributed by atoms with Crippen molar-refractivity contribution in [3.05, 3.63) is 0 Å². The van der Waals surface area contributed by atoms with E-state index < -0.39 is 0 Å². The number of amidine groups is 1. The van der Waals surface area contributed by atoms with E-state index in [0.29, 0.717) is 5.84 Å². The van der Waals surface area contributed by atoms with Crippen molar-refractivity contribution in [3.8, 4) is 0 Å². The molecule has 0 bridgehead atoms. The van der Waals surface area contributed by atoms with Gasteiger partial charge >= 0.3 is 0 Å². The van der Waals surface area contributed by atoms with Crippen LogP contribution in [-0.2, 0) is 4.74 Å². The van der Waals surface area contributed by atoms with Crippen LogP contribution in [0, 0.1) is 5.92 Å². The van der Waals surface area contributed by atoms with Gasteiger partial charge in [0, 0.05) is 25.6 Å². The van der Waals surface area contributed by atoms with Crippen LogP contribution in [0.1, 0.15) is 6.92 Å². The second kappa shape index (κ2) is 5.04. The van der Waals surface area contributed by atoms with Crippen molar-refractivity contribution in [2.75, 3.05) is 32.8 Å². The molecule has 0 aromatic rings. The molecule has 0 saturated carbocycles. The summed E-state index contributed by atoms with van der Waals surface area (Å²) < 4.78 is 5.22. The summed E-state index contributed by atoms with van der Waals surface area (Å²) >= 11 is 0. The van der Waals surface area contributed by atoms with E-state index in [0.717, 1.165) is 32.8 Å². The van der Waals surface area contributed by atoms with Gasteiger partial charge in [0.15, 0.2) is 0 Å². The Kier molecular flexibility index (Phi) is 3.98. The number of hydrogen-bond acceptors (Lipinski definition) is 4. The molecule has 1 heterocycles. The Balaban J connectivity index is 2.30. The molecule has 13 heavy (non-hydrogen) atoms. The molecule has 5 nitrogen and oxygen atoms in total. The summed E-state index contributed by atoms with van der Waals surface area (Å²) in [7, 11) is 0. The minimum atomic E-state index is 0.100. The van der Waals surface area contributed by atoms with Gasteiger partial charge in [0.1, 0.15) is 5.84 Å². The zero-order valence-electron chi connectivity index (χ0n) is 7.94. The molecule has 0 amide bonds. The molecule has 5 heteroatoms. The highest BCUT2D eigenvalue weighted by Gasteiger charge is 2.15. The predicted molar refractivity (Wildman–Crippen MR) is 49.8 cm³/mol. The molecular formula is C8H17N3O2. The maximum atomic E-state index is 8.45. The Morgan fingerprint density at radius 2 is 2.23 bits per heavy atom. The van der Waals surface area contributed by atoms with E-state index in [2.05, 4.69) is 10.1 Å². The number of hydrogen-bond donors (Lipinski definition) is 2. The first-order chi connectivity index (χ1) is 6.24. The highest BCUT2D eigenvalue weighted by Crippen LogP contribution is 2.03. The van der Waals surface area contributed by atoms with Crippen LogP contribution in [0.25, 0.3) is 0 Å². The van der Waals surface area contributed by atoms with E-state index in [-0.39, 0.29) is 5.92 Å². The fraction of sp³-hybridized carbons (Fsp3) is 0.875. The standard InChI is InChI=1S/C8H17N3O2/c1-7(8(9)10-12)6-11-2-4-13-5-3-11/h7,12H,2-6H2,1H3,(H2,9,10). The number of rotatable bonds is 3. The second-order valence-electron chi connectivity index (χ2n) is 3.34. The lowest BCUT2D eigenvalue weighted by Crippen LogP contribution is -2.41. The third kappa shape index (κ3) is 3.20. The monoisotopic (exact) mass is 187 g/mol. The smallest absolute Gasteiger partial charge is 0.143 e. The lowest BCUT2D eigenvalue weighted by atomic mass is 10.1. The van der Waals surface area contributed by atoms with Crippen molar-refractivity contribution in [3.63, 3.8) is 0 Å². The third-order valence-corrected chi connectivity index (χ3v) is 2.26. The van der Waals surface area contributed by atoms with Crippen LogP contribution < -0.4 is 5.73 Å². The third-order valence-electron chi connectivity index (χ3n) is 2.26. The van der Waals surface area contributed by atoms with Gasteiger partial charge in [-0.3, -0.25) is 4.90 Å². The molecule has 3 N–H and O–H groups in total. The van der Waals surface area contributed by atoms with E-state index >= 15 is 0 Å². The van der Waals surface area contributed by atoms with E-state index in [9.17, 15) is 0 Å². The molecule has 1 aliphatic heterocycles. The Morgan fingerprint density at radius 3 is 2.77 bits per heavy atom. The molecule has 76 valence electrons. The Bertz CT molecular complexity index is 178. The van der Waals surface area contributed by atoms with Gasteiger partial charge < -0.3 is 15.7 Å². The highest BCUT2D eigenvalue weighted by molar-refractivity contribution is 5.82. The normalized spacial score (nSPS) is 23.0. The molecule has 1 unspecified atom stereocenters. The molecule has 0 aliphatic carbocycles. The summed E-state index contributed by atoms with van der Waals surface area (Å²) in [5.41, 5.74) is 5.48. The van der Waals surface area contributed by atoms with Gasteiger partial charge in [0.2, 0.25) is 0 Å². The van der Waals surface area contributed by atoms with Gasteiger partial charge in [-0.05, 0) is 0 Å². The lowest BCUT2D eigenvalue weighted by Gasteiger charge is -2.28. The summed E-state index contributed by atoms with van der Waals surface area (Å²) in [4.78, 5) is 2.26. The summed E-state index contributed by atoms with van der Waals surface area (Å²) in [6, 6.07) is 0. The molecular weight excluding hydrogens is 170 g/mol. The molecule has 1 rings (SSSR count). The zero-order valence-corrected chi connectivity index (χ0v) is 7.94. The van der Waals surface area contributed by atoms with Crippen LogP contribution in [0.3, 0.4) is 0 Å². The van der Waals surface area contributed by atoms with Gasteiger partial charge in [0.25, 0.3) is 0 Å². The lowest BCUT2D eigenvalue weighted by molar-refractivity contribution is 0.0350. The Hall–Kier alpha value is -0.810. The topological polar surface area (TPSA) is 71.1 Å². The number of nitrogens with zero attached hydrogens (tertiary/aromatic N) is 2. The molecule has 0 aromatic heterocycles. The largest absolute Gasteiger partial charge is 0.409 e. The summed E-state index contributed by atoms with van der Waals surface area (Å²) in [6.07, 6.45) is 0. The van der Waals surface area contributed by atoms with Crippen molar-refractivity contribution in [1.82, 2.24) is 4.90 Å². The van der Waals surface area contributed by atoms with Crippen LogP contribution in [0.5, 0.6) is 0 Å². The predicted octanol–water partition coefficient (Wildman–Crippen LogP) is -0.299. The first-order valence-corrected chi connectivity index (χ1v) is 4.51. The van der Waals surface area contributed by atoms with Gasteiger partial charge in [-0.1, -0.05) is 12.1 Å². The average Bonchev–Trinajstić information content (AvgIpc) is 2.18. The maximum Gasteiger partial charge on any atom is 0.143 e. The van der Waals surface area contributed by atoms with Crippen LogP contribution >= 0.6 is 0 Å². The fourth-order valence-electron chi connectivity index (χ4n) is 1.36. The van der Waals surface area contributed by atoms with Gasteiger partial charge in [-0.2, -0.15) is 0 Å². The van der Waals surface area contributed by atoms with E-state index in [1.807, 2.05) is 6.92 Å². The van der Waals surface area contributed by atoms with Crippen LogP contribution in [0.2, 0.25) is 0 Å². The molecule has 1 fully saturated rings. The molecule has 1 atom stereocenters. The summed E-state index contributed by atoms with van der Waals surface area (Å²) in [5, 5.41) is 11.4. The van der Waals surface area contributed by atoms with Crippen molar-refractivity contribution in [2.45, 2.75) is 6.92 Å². The molecule has 0 radical (unpaired) electrons. The van der Waals surface area contributed by atoms with E-state index in [4.69, 9.17) is 15.7 Å². The number of oxime groups is 1. The first kappa shape index (κ1) is 10.3. The van der Waals surface area contributed by atoms with Gasteiger partial charge in [-0.25, -0.2) is 0 Å². The van der Waals surface area contributed by atoms with Crippen LogP contribution in [-0.4, -0.2) is 48.8 Å². The van der Waals surface area contributed by atoms with Gasteiger partial charge in [-0.15, -0.1) is 0 Å². The first-order valence-electron chi connectivity index (χ1n) is 4.51. The number of morpholine rings is 1. The zero-order chi connectivity index (χ0) is 9.68. The second-order valence-corrected chi connectivity index (χ2v) is 3.34. The van der Waals surface area contributed by atoms with Gasteiger partial charge in [0.05, 0.1) is 13.2 Å². The molecule has 0 aromatic carbocycles. The van der Waals surface area contributed by atoms with Crippen molar-refractivity contribution >= 4 is 5.84 Å². The SMILES string of the molecule is CC(CN1CCOCC1)/C(N)=N/O. The molecule has 1 saturated heterocycles.